The first-order valence-electron chi connectivity index (χ1n) is 13.3. The Morgan fingerprint density at radius 3 is 2.43 bits per heavy atom. The fraction of sp³-hybridized carbons (Fsp3) is 0.179. The number of hydrogen-bond acceptors (Lipinski definition) is 8. The topological polar surface area (TPSA) is 142 Å². The zero-order valence-corrected chi connectivity index (χ0v) is 25.3. The molecule has 2 aromatic carbocycles. The molecular weight excluding hydrogens is 676 g/mol. The van der Waals surface area contributed by atoms with Crippen molar-refractivity contribution in [2.24, 2.45) is 0 Å². The highest BCUT2D eigenvalue weighted by molar-refractivity contribution is 6.32. The number of carbonyl (C=O) groups excluding carboxylic acids is 2. The number of rotatable bonds is 10. The molecule has 244 valence electrons. The Bertz CT molecular complexity index is 1930. The van der Waals surface area contributed by atoms with E-state index in [4.69, 9.17) is 23.2 Å². The monoisotopic (exact) mass is 695 g/mol. The molecule has 0 unspecified atom stereocenters. The Kier molecular flexibility index (Phi) is 9.67. The molecule has 5 rings (SSSR count). The van der Waals surface area contributed by atoms with E-state index in [9.17, 15) is 31.5 Å². The van der Waals surface area contributed by atoms with Crippen LogP contribution in [0.15, 0.2) is 60.8 Å². The van der Waals surface area contributed by atoms with Crippen molar-refractivity contribution in [3.05, 3.63) is 105 Å². The summed E-state index contributed by atoms with van der Waals surface area (Å²) in [6, 6.07) is 12.2. The molecule has 12 nitrogen and oxygen atoms in total. The second-order valence-corrected chi connectivity index (χ2v) is 10.5. The minimum atomic E-state index is -4.85. The number of pyridine rings is 1. The molecule has 2 amide bonds. The van der Waals surface area contributed by atoms with Gasteiger partial charge in [-0.05, 0) is 65.7 Å². The van der Waals surface area contributed by atoms with Crippen molar-refractivity contribution in [1.82, 2.24) is 40.3 Å². The van der Waals surface area contributed by atoms with Crippen LogP contribution in [-0.2, 0) is 13.1 Å². The third kappa shape index (κ3) is 8.17. The number of hydrogen-bond donors (Lipinski definition) is 2. The summed E-state index contributed by atoms with van der Waals surface area (Å²) < 4.78 is 68.3. The molecule has 0 fully saturated rings. The van der Waals surface area contributed by atoms with Crippen LogP contribution in [0.25, 0.3) is 5.82 Å². The lowest BCUT2D eigenvalue weighted by atomic mass is 10.1. The number of carbonyl (C=O) groups is 2. The summed E-state index contributed by atoms with van der Waals surface area (Å²) in [5.41, 5.74) is 1.01. The summed E-state index contributed by atoms with van der Waals surface area (Å²) in [7, 11) is 0. The summed E-state index contributed by atoms with van der Waals surface area (Å²) >= 11 is 12.6. The first-order valence-corrected chi connectivity index (χ1v) is 14.0. The highest BCUT2D eigenvalue weighted by atomic mass is 35.5. The fourth-order valence-corrected chi connectivity index (χ4v) is 4.75. The fourth-order valence-electron chi connectivity index (χ4n) is 4.27. The number of nitrogens with zero attached hydrogens (tertiary/aromatic N) is 7. The standard InChI is InChI=1S/C28H20Cl2F5N9O3/c1-14-9-16(29)10-19(26(45)37-12-15-4-6-18(7-5-15)47-28(33,34)35)22(14)38-27(46)21-11-17(13-43-41-24(23(31)32)39-42-43)40-44(21)25-20(30)3-2-8-36-25/h2-11,23H,12-13H2,1H3,(H,37,45)(H,38,46). The summed E-state index contributed by atoms with van der Waals surface area (Å²) in [4.78, 5) is 32.1. The van der Waals surface area contributed by atoms with Crippen LogP contribution in [-0.4, -0.2) is 53.1 Å². The maximum absolute atomic E-state index is 13.8. The Morgan fingerprint density at radius 2 is 1.77 bits per heavy atom. The van der Waals surface area contributed by atoms with Gasteiger partial charge in [0.1, 0.15) is 18.0 Å². The lowest BCUT2D eigenvalue weighted by molar-refractivity contribution is -0.274. The predicted molar refractivity (Wildman–Crippen MR) is 157 cm³/mol. The maximum Gasteiger partial charge on any atom is 0.573 e. The van der Waals surface area contributed by atoms with E-state index in [-0.39, 0.29) is 51.6 Å². The van der Waals surface area contributed by atoms with Crippen LogP contribution in [0.5, 0.6) is 5.75 Å². The summed E-state index contributed by atoms with van der Waals surface area (Å²) in [6.45, 7) is 1.28. The van der Waals surface area contributed by atoms with E-state index in [1.165, 1.54) is 42.6 Å². The van der Waals surface area contributed by atoms with Gasteiger partial charge in [0.05, 0.1) is 22.0 Å². The van der Waals surface area contributed by atoms with Crippen LogP contribution in [0.2, 0.25) is 10.0 Å². The van der Waals surface area contributed by atoms with Crippen molar-refractivity contribution in [2.45, 2.75) is 32.8 Å². The number of tetrazole rings is 1. The normalized spacial score (nSPS) is 11.5. The highest BCUT2D eigenvalue weighted by Crippen LogP contribution is 2.28. The Balaban J connectivity index is 1.41. The van der Waals surface area contributed by atoms with Crippen molar-refractivity contribution in [1.29, 1.82) is 0 Å². The van der Waals surface area contributed by atoms with Gasteiger partial charge in [0.2, 0.25) is 5.82 Å². The van der Waals surface area contributed by atoms with Gasteiger partial charge in [0.15, 0.2) is 5.82 Å². The number of halogens is 7. The molecule has 0 spiro atoms. The van der Waals surface area contributed by atoms with E-state index in [1.54, 1.807) is 13.0 Å². The van der Waals surface area contributed by atoms with Crippen molar-refractivity contribution >= 4 is 40.7 Å². The molecule has 0 saturated carbocycles. The van der Waals surface area contributed by atoms with Gasteiger partial charge in [-0.15, -0.1) is 23.4 Å². The SMILES string of the molecule is Cc1cc(Cl)cc(C(=O)NCc2ccc(OC(F)(F)F)cc2)c1NC(=O)c1cc(Cn2nnc(C(F)F)n2)nn1-c1ncccc1Cl. The third-order valence-electron chi connectivity index (χ3n) is 6.29. The van der Waals surface area contributed by atoms with Gasteiger partial charge in [-0.3, -0.25) is 9.59 Å². The quantitative estimate of drug-likeness (QED) is 0.171. The van der Waals surface area contributed by atoms with E-state index in [0.717, 1.165) is 21.6 Å². The Labute approximate surface area is 271 Å². The number of anilines is 1. The molecule has 0 aliphatic heterocycles. The summed E-state index contributed by atoms with van der Waals surface area (Å²) in [6.07, 6.45) is -6.37. The van der Waals surface area contributed by atoms with Crippen molar-refractivity contribution in [3.63, 3.8) is 0 Å². The predicted octanol–water partition coefficient (Wildman–Crippen LogP) is 5.94. The number of amides is 2. The minimum Gasteiger partial charge on any atom is -0.406 e. The molecule has 5 aromatic rings. The molecule has 2 N–H and O–H groups in total. The smallest absolute Gasteiger partial charge is 0.406 e. The maximum atomic E-state index is 13.8. The van der Waals surface area contributed by atoms with Gasteiger partial charge in [0, 0.05) is 17.8 Å². The number of benzene rings is 2. The van der Waals surface area contributed by atoms with Crippen LogP contribution in [0, 0.1) is 6.92 Å². The van der Waals surface area contributed by atoms with Crippen LogP contribution in [0.1, 0.15) is 49.9 Å². The zero-order valence-electron chi connectivity index (χ0n) is 23.8. The number of nitrogens with one attached hydrogen (secondary N) is 2. The van der Waals surface area contributed by atoms with Gasteiger partial charge in [-0.1, -0.05) is 35.3 Å². The molecule has 3 aromatic heterocycles. The largest absolute Gasteiger partial charge is 0.573 e. The second kappa shape index (κ2) is 13.7. The number of aryl methyl sites for hydroxylation is 1. The van der Waals surface area contributed by atoms with Gasteiger partial charge >= 0.3 is 12.8 Å². The van der Waals surface area contributed by atoms with Crippen molar-refractivity contribution in [3.8, 4) is 11.6 Å². The number of ether oxygens (including phenoxy) is 1. The first kappa shape index (κ1) is 33.2. The molecule has 0 aliphatic rings. The molecule has 3 heterocycles. The van der Waals surface area contributed by atoms with E-state index >= 15 is 0 Å². The minimum absolute atomic E-state index is 0.0196. The molecule has 0 atom stereocenters. The molecule has 0 radical (unpaired) electrons. The average Bonchev–Trinajstić information content (AvgIpc) is 3.65. The molecule has 19 heteroatoms. The van der Waals surface area contributed by atoms with E-state index < -0.39 is 36.2 Å². The second-order valence-electron chi connectivity index (χ2n) is 9.69. The molecule has 0 saturated heterocycles. The molecule has 0 bridgehead atoms. The average molecular weight is 696 g/mol. The zero-order chi connectivity index (χ0) is 33.9. The van der Waals surface area contributed by atoms with Crippen LogP contribution < -0.4 is 15.4 Å². The third-order valence-corrected chi connectivity index (χ3v) is 6.81. The van der Waals surface area contributed by atoms with Crippen LogP contribution in [0.3, 0.4) is 0 Å². The molecule has 0 aliphatic carbocycles. The van der Waals surface area contributed by atoms with E-state index in [2.05, 4.69) is 40.9 Å². The van der Waals surface area contributed by atoms with Gasteiger partial charge in [-0.2, -0.15) is 9.90 Å². The van der Waals surface area contributed by atoms with Crippen LogP contribution >= 0.6 is 23.2 Å². The lowest BCUT2D eigenvalue weighted by Crippen LogP contribution is -2.26. The van der Waals surface area contributed by atoms with Gasteiger partial charge in [0.25, 0.3) is 11.8 Å². The first-order chi connectivity index (χ1) is 22.3. The van der Waals surface area contributed by atoms with Gasteiger partial charge < -0.3 is 15.4 Å². The molecular formula is C28H20Cl2F5N9O3. The summed E-state index contributed by atoms with van der Waals surface area (Å²) in [5.74, 6) is -2.55. The van der Waals surface area contributed by atoms with E-state index in [0.29, 0.717) is 11.1 Å². The van der Waals surface area contributed by atoms with Crippen molar-refractivity contribution in [2.75, 3.05) is 5.32 Å². The lowest BCUT2D eigenvalue weighted by Gasteiger charge is -2.16. The van der Waals surface area contributed by atoms with Crippen molar-refractivity contribution < 1.29 is 36.3 Å². The number of alkyl halides is 5. The van der Waals surface area contributed by atoms with Crippen LogP contribution in [0.4, 0.5) is 27.6 Å². The number of aromatic nitrogens is 7. The Morgan fingerprint density at radius 1 is 1.02 bits per heavy atom. The molecule has 47 heavy (non-hydrogen) atoms. The highest BCUT2D eigenvalue weighted by Gasteiger charge is 2.31. The Hall–Kier alpha value is -5.16. The summed E-state index contributed by atoms with van der Waals surface area (Å²) in [5, 5.41) is 20.5. The van der Waals surface area contributed by atoms with Gasteiger partial charge in [-0.25, -0.2) is 18.4 Å². The van der Waals surface area contributed by atoms with E-state index in [1.807, 2.05) is 0 Å².